The molecule has 0 aliphatic rings. The summed E-state index contributed by atoms with van der Waals surface area (Å²) in [7, 11) is 0. The summed E-state index contributed by atoms with van der Waals surface area (Å²) >= 11 is 0. The Morgan fingerprint density at radius 2 is 0.455 bits per heavy atom. The smallest absolute Gasteiger partial charge is 1.00 e. The van der Waals surface area contributed by atoms with Crippen molar-refractivity contribution in [3.63, 3.8) is 0 Å². The molecule has 0 rings (SSSR count). The fourth-order valence-corrected chi connectivity index (χ4v) is 0. The van der Waals surface area contributed by atoms with Crippen LogP contribution in [0.15, 0.2) is 0 Å². The molecule has 0 nitrogen and oxygen atoms in total. The van der Waals surface area contributed by atoms with Crippen molar-refractivity contribution < 1.29 is 102 Å². The Hall–Kier alpha value is 1.63. The largest absolute Gasteiger partial charge is 2.00 e. The van der Waals surface area contributed by atoms with Gasteiger partial charge in [0.1, 0.15) is 0 Å². The van der Waals surface area contributed by atoms with E-state index in [1.165, 1.54) is 0 Å². The average molecular weight is 312 g/mol. The van der Waals surface area contributed by atoms with E-state index >= 15 is 0 Å². The fraction of sp³-hybridized carbons (Fsp3) is 0. The molecule has 0 unspecified atom stereocenters. The van der Waals surface area contributed by atoms with Crippen LogP contribution in [0.4, 0.5) is 0 Å². The molecule has 0 atom stereocenters. The first-order valence-corrected chi connectivity index (χ1v) is 0. The second-order valence-electron chi connectivity index (χ2n) is 0. The van der Waals surface area contributed by atoms with Crippen LogP contribution in [0.3, 0.4) is 0 Å². The molecular formula is CoF7LiMnNi. The van der Waals surface area contributed by atoms with E-state index in [1.807, 2.05) is 0 Å². The van der Waals surface area contributed by atoms with Crippen LogP contribution in [-0.4, -0.2) is 0 Å². The van der Waals surface area contributed by atoms with Crippen LogP contribution in [0.2, 0.25) is 0 Å². The van der Waals surface area contributed by atoms with Gasteiger partial charge in [-0.1, -0.05) is 0 Å². The molecule has 0 heterocycles. The number of hydrogen-bond donors (Lipinski definition) is 0. The Kier molecular flexibility index (Phi) is 29100. The molecule has 0 spiro atoms. The molecule has 11 heavy (non-hydrogen) atoms. The summed E-state index contributed by atoms with van der Waals surface area (Å²) in [5.74, 6) is 0. The summed E-state index contributed by atoms with van der Waals surface area (Å²) in [5, 5.41) is 0. The third kappa shape index (κ3) is 407. The maximum Gasteiger partial charge on any atom is 2.00 e. The van der Waals surface area contributed by atoms with Crippen molar-refractivity contribution in [2.24, 2.45) is 0 Å². The monoisotopic (exact) mass is 312 g/mol. The topological polar surface area (TPSA) is 0 Å². The average Bonchev–Trinajstić information content (AvgIpc) is 0. The zero-order valence-electron chi connectivity index (χ0n) is 4.67. The van der Waals surface area contributed by atoms with Crippen LogP contribution in [-0.2, 0) is 50.3 Å². The standard InChI is InChI=1S/Co.7FH.Li.Mn.Ni/h;7*1H;;;/q+2;;;;;;;;+1;2*+2/p-7. The van der Waals surface area contributed by atoms with Crippen molar-refractivity contribution in [3.05, 3.63) is 0 Å². The normalized spacial score (nSPS) is 0. The van der Waals surface area contributed by atoms with Gasteiger partial charge >= 0.3 is 69.2 Å². The maximum atomic E-state index is 0. The molecule has 0 aromatic rings. The number of hydrogen-bond acceptors (Lipinski definition) is 0. The van der Waals surface area contributed by atoms with Gasteiger partial charge in [-0.2, -0.15) is 0 Å². The van der Waals surface area contributed by atoms with E-state index < -0.39 is 0 Å². The van der Waals surface area contributed by atoms with Crippen LogP contribution in [0, 0.1) is 0 Å². The Labute approximate surface area is 102 Å². The van der Waals surface area contributed by atoms with E-state index in [0.29, 0.717) is 0 Å². The summed E-state index contributed by atoms with van der Waals surface area (Å²) in [6.07, 6.45) is 0. The third-order valence-corrected chi connectivity index (χ3v) is 0. The predicted molar refractivity (Wildman–Crippen MR) is 0 cm³/mol. The molecule has 0 bridgehead atoms. The molecule has 0 aromatic carbocycles. The van der Waals surface area contributed by atoms with E-state index in [4.69, 9.17) is 0 Å². The molecule has 0 aliphatic heterocycles. The summed E-state index contributed by atoms with van der Waals surface area (Å²) in [6, 6.07) is 0. The summed E-state index contributed by atoms with van der Waals surface area (Å²) in [4.78, 5) is 0. The second kappa shape index (κ2) is 496. The number of rotatable bonds is 0. The SMILES string of the molecule is [Co+2].[F-].[F-].[F-].[F-].[F-].[F-].[F-].[Li+].[Mn+2].[Ni+2]. The Bertz CT molecular complexity index is 18.4. The van der Waals surface area contributed by atoms with E-state index in [-0.39, 0.29) is 102 Å². The van der Waals surface area contributed by atoms with E-state index in [0.717, 1.165) is 0 Å². The molecule has 2 radical (unpaired) electrons. The van der Waals surface area contributed by atoms with Gasteiger partial charge in [-0.05, 0) is 0 Å². The van der Waals surface area contributed by atoms with Crippen LogP contribution in [0.5, 0.6) is 0 Å². The molecule has 0 aliphatic carbocycles. The quantitative estimate of drug-likeness (QED) is 0.308. The first-order chi connectivity index (χ1) is 0. The molecule has 0 fully saturated rings. The van der Waals surface area contributed by atoms with Crippen molar-refractivity contribution in [3.8, 4) is 0 Å². The second-order valence-corrected chi connectivity index (χ2v) is 0. The summed E-state index contributed by atoms with van der Waals surface area (Å²) in [6.45, 7) is 0. The Morgan fingerprint density at radius 3 is 0.455 bits per heavy atom. The minimum atomic E-state index is 0. The fourth-order valence-electron chi connectivity index (χ4n) is 0. The number of halogens is 7. The third-order valence-electron chi connectivity index (χ3n) is 0. The Balaban J connectivity index is 0. The minimum Gasteiger partial charge on any atom is -1.00 e. The maximum absolute atomic E-state index is 0. The van der Waals surface area contributed by atoms with Gasteiger partial charge in [-0.15, -0.1) is 0 Å². The van der Waals surface area contributed by atoms with Crippen LogP contribution in [0.25, 0.3) is 0 Å². The van der Waals surface area contributed by atoms with E-state index in [9.17, 15) is 0 Å². The molecule has 11 heteroatoms. The van der Waals surface area contributed by atoms with Gasteiger partial charge in [0, 0.05) is 0 Å². The van der Waals surface area contributed by atoms with Crippen molar-refractivity contribution in [2.75, 3.05) is 0 Å². The minimum absolute atomic E-state index is 0. The molecular weight excluding hydrogens is 312 g/mol. The van der Waals surface area contributed by atoms with Crippen molar-refractivity contribution in [2.45, 2.75) is 0 Å². The van der Waals surface area contributed by atoms with Crippen LogP contribution >= 0.6 is 0 Å². The van der Waals surface area contributed by atoms with Gasteiger partial charge in [0.2, 0.25) is 0 Å². The first-order valence-electron chi connectivity index (χ1n) is 0. The van der Waals surface area contributed by atoms with Crippen LogP contribution in [0.1, 0.15) is 0 Å². The van der Waals surface area contributed by atoms with Gasteiger partial charge in [-0.25, -0.2) is 0 Å². The van der Waals surface area contributed by atoms with Gasteiger partial charge in [-0.3, -0.25) is 0 Å². The van der Waals surface area contributed by atoms with Gasteiger partial charge in [0.15, 0.2) is 0 Å². The first kappa shape index (κ1) is 645. The van der Waals surface area contributed by atoms with E-state index in [2.05, 4.69) is 0 Å². The van der Waals surface area contributed by atoms with Crippen LogP contribution < -0.4 is 51.8 Å². The molecule has 0 saturated heterocycles. The van der Waals surface area contributed by atoms with Gasteiger partial charge in [0.05, 0.1) is 0 Å². The Morgan fingerprint density at radius 1 is 0.455 bits per heavy atom. The molecule has 0 amide bonds. The predicted octanol–water partition coefficient (Wildman–Crippen LogP) is -24.0. The van der Waals surface area contributed by atoms with Gasteiger partial charge in [0.25, 0.3) is 0 Å². The zero-order valence-corrected chi connectivity index (χ0v) is 7.88. The summed E-state index contributed by atoms with van der Waals surface area (Å²) < 4.78 is 0. The molecule has 0 saturated carbocycles. The van der Waals surface area contributed by atoms with Gasteiger partial charge < -0.3 is 32.9 Å². The van der Waals surface area contributed by atoms with Crippen molar-refractivity contribution in [1.82, 2.24) is 0 Å². The van der Waals surface area contributed by atoms with E-state index in [1.54, 1.807) is 0 Å². The summed E-state index contributed by atoms with van der Waals surface area (Å²) in [5.41, 5.74) is 0. The van der Waals surface area contributed by atoms with Crippen molar-refractivity contribution in [1.29, 1.82) is 0 Å². The molecule has 0 N–H and O–H groups in total. The van der Waals surface area contributed by atoms with Crippen molar-refractivity contribution >= 4 is 0 Å². The molecule has 76 valence electrons. The zero-order chi connectivity index (χ0) is 0. The molecule has 0 aromatic heterocycles.